The first-order chi connectivity index (χ1) is 10.4. The van der Waals surface area contributed by atoms with Crippen LogP contribution in [0.25, 0.3) is 5.69 Å². The first-order valence-corrected chi connectivity index (χ1v) is 7.94. The average Bonchev–Trinajstić information content (AvgIpc) is 2.80. The molecule has 1 aromatic heterocycles. The number of nitrogens with two attached hydrogens (primary N) is 1. The molecule has 3 rings (SSSR count). The van der Waals surface area contributed by atoms with E-state index in [1.807, 2.05) is 26.8 Å². The molecule has 6 heteroatoms. The van der Waals surface area contributed by atoms with Gasteiger partial charge < -0.3 is 10.9 Å². The quantitative estimate of drug-likeness (QED) is 0.522. The molecule has 0 spiro atoms. The largest absolute Gasteiger partial charge is 0.692 e. The fourth-order valence-electron chi connectivity index (χ4n) is 3.23. The van der Waals surface area contributed by atoms with E-state index in [1.165, 1.54) is 4.80 Å². The number of aromatic nitrogens is 3. The second kappa shape index (κ2) is 5.35. The summed E-state index contributed by atoms with van der Waals surface area (Å²) in [6.45, 7) is 5.93. The van der Waals surface area contributed by atoms with Crippen LogP contribution in [0.15, 0.2) is 6.07 Å². The van der Waals surface area contributed by atoms with Crippen molar-refractivity contribution in [3.05, 3.63) is 44.9 Å². The van der Waals surface area contributed by atoms with Gasteiger partial charge in [-0.2, -0.15) is 0 Å². The highest BCUT2D eigenvalue weighted by Crippen LogP contribution is 2.26. The third kappa shape index (κ3) is 2.18. The van der Waals surface area contributed by atoms with Crippen molar-refractivity contribution in [1.29, 1.82) is 0 Å². The van der Waals surface area contributed by atoms with Crippen molar-refractivity contribution in [2.75, 3.05) is 0 Å². The molecule has 22 heavy (non-hydrogen) atoms. The lowest BCUT2D eigenvalue weighted by atomic mass is 9.97. The second-order valence-corrected chi connectivity index (χ2v) is 6.41. The van der Waals surface area contributed by atoms with Crippen LogP contribution < -0.4 is 10.6 Å². The van der Waals surface area contributed by atoms with Crippen molar-refractivity contribution in [3.8, 4) is 5.69 Å². The molecule has 2 N–H and O–H groups in total. The van der Waals surface area contributed by atoms with E-state index in [-0.39, 0.29) is 0 Å². The number of fused-ring (bicyclic) bond motifs is 1. The molecule has 0 radical (unpaired) electrons. The topological polar surface area (TPSA) is 70.8 Å². The normalized spacial score (nSPS) is 14.0. The summed E-state index contributed by atoms with van der Waals surface area (Å²) < 4.78 is 0. The van der Waals surface area contributed by atoms with Crippen LogP contribution in [0.4, 0.5) is 0 Å². The molecule has 0 amide bonds. The van der Waals surface area contributed by atoms with Crippen LogP contribution in [0.3, 0.4) is 0 Å². The Labute approximate surface area is 135 Å². The molecule has 1 aliphatic carbocycles. The molecule has 0 unspecified atom stereocenters. The number of nitrogens with zero attached hydrogens (tertiary/aromatic N) is 3. The first-order valence-electron chi connectivity index (χ1n) is 7.53. The van der Waals surface area contributed by atoms with E-state index in [9.17, 15) is 5.21 Å². The van der Waals surface area contributed by atoms with Gasteiger partial charge in [0.1, 0.15) is 10.7 Å². The second-order valence-electron chi connectivity index (χ2n) is 5.97. The highest BCUT2D eigenvalue weighted by Gasteiger charge is 2.28. The summed E-state index contributed by atoms with van der Waals surface area (Å²) in [5.74, 6) is 0. The van der Waals surface area contributed by atoms with Crippen molar-refractivity contribution in [1.82, 2.24) is 9.90 Å². The van der Waals surface area contributed by atoms with E-state index in [2.05, 4.69) is 5.10 Å². The van der Waals surface area contributed by atoms with Crippen LogP contribution in [0.1, 0.15) is 46.5 Å². The van der Waals surface area contributed by atoms with Crippen LogP contribution in [-0.2, 0) is 12.8 Å². The Balaban J connectivity index is 2.23. The molecule has 0 saturated heterocycles. The van der Waals surface area contributed by atoms with Gasteiger partial charge >= 0.3 is 0 Å². The molecule has 1 heterocycles. The van der Waals surface area contributed by atoms with E-state index >= 15 is 0 Å². The van der Waals surface area contributed by atoms with Crippen molar-refractivity contribution < 1.29 is 4.85 Å². The van der Waals surface area contributed by atoms with Gasteiger partial charge in [-0.3, -0.25) is 0 Å². The van der Waals surface area contributed by atoms with Crippen LogP contribution in [0.5, 0.6) is 0 Å². The Morgan fingerprint density at radius 3 is 2.59 bits per heavy atom. The van der Waals surface area contributed by atoms with Gasteiger partial charge in [-0.25, -0.2) is 0 Å². The van der Waals surface area contributed by atoms with Gasteiger partial charge in [-0.15, -0.1) is 4.85 Å². The summed E-state index contributed by atoms with van der Waals surface area (Å²) in [5.41, 5.74) is 12.2. The average molecular weight is 316 g/mol. The van der Waals surface area contributed by atoms with Crippen molar-refractivity contribution in [3.63, 3.8) is 0 Å². The van der Waals surface area contributed by atoms with Crippen LogP contribution in [0.2, 0.25) is 0 Å². The molecule has 0 fully saturated rings. The maximum Gasteiger partial charge on any atom is 0.222 e. The van der Waals surface area contributed by atoms with Crippen molar-refractivity contribution in [2.24, 2.45) is 5.73 Å². The standard InChI is InChI=1S/C16H20N4OS/c1-9-8-12(16(17)22)10(2)11(3)15(9)19-18-13-6-4-5-7-14(13)20(19)21/h8H,4-7H2,1-3H3,(H2,17,22). The third-order valence-corrected chi connectivity index (χ3v) is 4.77. The summed E-state index contributed by atoms with van der Waals surface area (Å²) >= 11 is 5.11. The number of benzene rings is 1. The minimum absolute atomic E-state index is 0.380. The monoisotopic (exact) mass is 316 g/mol. The van der Waals surface area contributed by atoms with Gasteiger partial charge in [0.15, 0.2) is 5.69 Å². The van der Waals surface area contributed by atoms with E-state index in [0.29, 0.717) is 4.99 Å². The van der Waals surface area contributed by atoms with Gasteiger partial charge in [-0.1, -0.05) is 12.2 Å². The molecule has 2 aromatic rings. The first kappa shape index (κ1) is 15.0. The Morgan fingerprint density at radius 1 is 1.27 bits per heavy atom. The van der Waals surface area contributed by atoms with Crippen LogP contribution in [-0.4, -0.2) is 14.9 Å². The van der Waals surface area contributed by atoms with Crippen molar-refractivity contribution >= 4 is 17.2 Å². The lowest BCUT2D eigenvalue weighted by Gasteiger charge is -2.15. The molecule has 1 aliphatic rings. The van der Waals surface area contributed by atoms with E-state index in [1.54, 1.807) is 0 Å². The molecule has 5 nitrogen and oxygen atoms in total. The van der Waals surface area contributed by atoms with Gasteiger partial charge in [0, 0.05) is 23.5 Å². The number of hydrogen-bond donors (Lipinski definition) is 1. The number of aryl methyl sites for hydroxylation is 2. The van der Waals surface area contributed by atoms with Crippen molar-refractivity contribution in [2.45, 2.75) is 46.5 Å². The minimum atomic E-state index is 0.380. The molecule has 0 saturated carbocycles. The van der Waals surface area contributed by atoms with Gasteiger partial charge in [0.25, 0.3) is 0 Å². The molecule has 0 atom stereocenters. The fourth-order valence-corrected chi connectivity index (χ4v) is 3.44. The van der Waals surface area contributed by atoms with Gasteiger partial charge in [0.2, 0.25) is 5.69 Å². The Hall–Kier alpha value is -1.95. The molecular weight excluding hydrogens is 296 g/mol. The predicted molar refractivity (Wildman–Crippen MR) is 89.3 cm³/mol. The predicted octanol–water partition coefficient (Wildman–Crippen LogP) is 1.94. The molecular formula is C16H20N4OS. The highest BCUT2D eigenvalue weighted by molar-refractivity contribution is 7.80. The number of rotatable bonds is 2. The van der Waals surface area contributed by atoms with Crippen LogP contribution >= 0.6 is 12.2 Å². The molecule has 1 aromatic carbocycles. The molecule has 116 valence electrons. The van der Waals surface area contributed by atoms with Crippen LogP contribution in [0, 0.1) is 26.0 Å². The fraction of sp³-hybridized carbons (Fsp3) is 0.438. The lowest BCUT2D eigenvalue weighted by Crippen LogP contribution is -2.41. The van der Waals surface area contributed by atoms with E-state index in [0.717, 1.165) is 69.9 Å². The maximum atomic E-state index is 12.6. The lowest BCUT2D eigenvalue weighted by molar-refractivity contribution is -0.696. The van der Waals surface area contributed by atoms with Gasteiger partial charge in [0.05, 0.1) is 0 Å². The zero-order valence-corrected chi connectivity index (χ0v) is 14.0. The summed E-state index contributed by atoms with van der Waals surface area (Å²) in [4.78, 5) is 2.82. The summed E-state index contributed by atoms with van der Waals surface area (Å²) in [6.07, 6.45) is 3.84. The zero-order chi connectivity index (χ0) is 16.0. The highest BCUT2D eigenvalue weighted by atomic mass is 32.1. The number of hydrogen-bond acceptors (Lipinski definition) is 3. The van der Waals surface area contributed by atoms with Gasteiger partial charge in [-0.05, 0) is 61.2 Å². The number of thiocarbonyl (C=S) groups is 1. The Kier molecular flexibility index (Phi) is 3.64. The van der Waals surface area contributed by atoms with E-state index < -0.39 is 0 Å². The third-order valence-electron chi connectivity index (χ3n) is 4.55. The Bertz CT molecular complexity index is 779. The summed E-state index contributed by atoms with van der Waals surface area (Å²) in [5, 5.41) is 17.2. The maximum absolute atomic E-state index is 12.6. The Morgan fingerprint density at radius 2 is 1.95 bits per heavy atom. The molecule has 0 bridgehead atoms. The van der Waals surface area contributed by atoms with E-state index in [4.69, 9.17) is 18.0 Å². The zero-order valence-electron chi connectivity index (χ0n) is 13.1. The SMILES string of the molecule is Cc1cc(C(N)=S)c(C)c(C)c1-n1nc2c([n+]1[O-])CCCC2. The smallest absolute Gasteiger partial charge is 0.222 e. The summed E-state index contributed by atoms with van der Waals surface area (Å²) in [7, 11) is 0. The molecule has 0 aliphatic heterocycles. The minimum Gasteiger partial charge on any atom is -0.692 e. The summed E-state index contributed by atoms with van der Waals surface area (Å²) in [6, 6.07) is 1.95.